The van der Waals surface area contributed by atoms with E-state index in [0.717, 1.165) is 23.4 Å². The van der Waals surface area contributed by atoms with E-state index < -0.39 is 0 Å². The molecule has 3 aromatic rings. The summed E-state index contributed by atoms with van der Waals surface area (Å²) in [6.07, 6.45) is 4.28. The highest BCUT2D eigenvalue weighted by atomic mass is 16.1. The van der Waals surface area contributed by atoms with Crippen molar-refractivity contribution < 1.29 is 4.79 Å². The number of carbonyl (C=O) groups excluding carboxylic acids is 1. The minimum atomic E-state index is -0.128. The van der Waals surface area contributed by atoms with Gasteiger partial charge in [0, 0.05) is 38.1 Å². The van der Waals surface area contributed by atoms with Crippen molar-refractivity contribution in [1.29, 1.82) is 0 Å². The molecule has 1 aromatic carbocycles. The number of carbonyl (C=O) groups is 1. The third kappa shape index (κ3) is 3.08. The number of fused-ring (bicyclic) bond motifs is 1. The fourth-order valence-electron chi connectivity index (χ4n) is 2.48. The molecule has 2 aromatic heterocycles. The van der Waals surface area contributed by atoms with Crippen LogP contribution in [-0.2, 0) is 0 Å². The fraction of sp³-hybridized carbons (Fsp3) is 0.278. The Morgan fingerprint density at radius 2 is 2.17 bits per heavy atom. The monoisotopic (exact) mass is 323 g/mol. The van der Waals surface area contributed by atoms with Gasteiger partial charge in [-0.15, -0.1) is 0 Å². The van der Waals surface area contributed by atoms with Crippen LogP contribution in [0.3, 0.4) is 0 Å². The quantitative estimate of drug-likeness (QED) is 0.757. The fourth-order valence-corrected chi connectivity index (χ4v) is 2.48. The molecule has 2 heterocycles. The Balaban J connectivity index is 2.01. The van der Waals surface area contributed by atoms with E-state index in [9.17, 15) is 4.79 Å². The minimum Gasteiger partial charge on any atom is -0.378 e. The second-order valence-electron chi connectivity index (χ2n) is 5.86. The first-order valence-electron chi connectivity index (χ1n) is 8.00. The molecule has 3 rings (SSSR count). The van der Waals surface area contributed by atoms with Gasteiger partial charge >= 0.3 is 0 Å². The Morgan fingerprint density at radius 3 is 2.92 bits per heavy atom. The summed E-state index contributed by atoms with van der Waals surface area (Å²) >= 11 is 0. The molecule has 0 fully saturated rings. The van der Waals surface area contributed by atoms with E-state index in [2.05, 4.69) is 26.3 Å². The van der Waals surface area contributed by atoms with Crippen molar-refractivity contribution in [3.63, 3.8) is 0 Å². The van der Waals surface area contributed by atoms with E-state index in [1.165, 1.54) is 0 Å². The summed E-state index contributed by atoms with van der Waals surface area (Å²) in [6.45, 7) is 2.66. The first kappa shape index (κ1) is 16.0. The Hall–Kier alpha value is -2.89. The third-order valence-electron chi connectivity index (χ3n) is 3.82. The van der Waals surface area contributed by atoms with Crippen molar-refractivity contribution in [3.05, 3.63) is 42.2 Å². The van der Waals surface area contributed by atoms with Crippen molar-refractivity contribution in [2.24, 2.45) is 0 Å². The van der Waals surface area contributed by atoms with Gasteiger partial charge in [-0.25, -0.2) is 9.97 Å². The number of benzene rings is 1. The lowest BCUT2D eigenvalue weighted by Gasteiger charge is -2.13. The second-order valence-corrected chi connectivity index (χ2v) is 5.86. The van der Waals surface area contributed by atoms with Crippen molar-refractivity contribution in [3.8, 4) is 11.3 Å². The Kier molecular flexibility index (Phi) is 4.46. The largest absolute Gasteiger partial charge is 0.378 e. The number of hydrogen-bond donors (Lipinski definition) is 2. The number of H-pyrrole nitrogens is 1. The Morgan fingerprint density at radius 1 is 1.33 bits per heavy atom. The van der Waals surface area contributed by atoms with Crippen LogP contribution in [0, 0.1) is 0 Å². The zero-order valence-electron chi connectivity index (χ0n) is 14.1. The molecule has 0 saturated carbocycles. The van der Waals surface area contributed by atoms with Crippen LogP contribution in [0.4, 0.5) is 5.69 Å². The van der Waals surface area contributed by atoms with E-state index >= 15 is 0 Å². The topological polar surface area (TPSA) is 73.9 Å². The van der Waals surface area contributed by atoms with Crippen molar-refractivity contribution in [2.45, 2.75) is 13.3 Å². The molecule has 6 heteroatoms. The van der Waals surface area contributed by atoms with Crippen LogP contribution in [-0.4, -0.2) is 41.5 Å². The highest BCUT2D eigenvalue weighted by Gasteiger charge is 2.15. The first-order valence-corrected chi connectivity index (χ1v) is 8.00. The van der Waals surface area contributed by atoms with Crippen LogP contribution in [0.2, 0.25) is 0 Å². The third-order valence-corrected chi connectivity index (χ3v) is 3.82. The average Bonchev–Trinajstić information content (AvgIpc) is 3.03. The summed E-state index contributed by atoms with van der Waals surface area (Å²) in [6, 6.07) is 8.07. The molecule has 124 valence electrons. The van der Waals surface area contributed by atoms with Gasteiger partial charge in [-0.2, -0.15) is 0 Å². The van der Waals surface area contributed by atoms with Crippen LogP contribution in [0.1, 0.15) is 23.7 Å². The minimum absolute atomic E-state index is 0.128. The number of aromatic nitrogens is 3. The summed E-state index contributed by atoms with van der Waals surface area (Å²) in [5.41, 5.74) is 4.54. The SMILES string of the molecule is CCCNC(=O)c1c[nH]c2ncc(-c3cccc(N(C)C)c3)nc12. The lowest BCUT2D eigenvalue weighted by molar-refractivity contribution is 0.0955. The maximum Gasteiger partial charge on any atom is 0.255 e. The first-order chi connectivity index (χ1) is 11.6. The molecule has 0 aliphatic heterocycles. The molecule has 0 atom stereocenters. The van der Waals surface area contributed by atoms with Crippen LogP contribution in [0.25, 0.3) is 22.4 Å². The Labute approximate surface area is 140 Å². The van der Waals surface area contributed by atoms with Crippen LogP contribution in [0.5, 0.6) is 0 Å². The number of rotatable bonds is 5. The molecule has 2 N–H and O–H groups in total. The van der Waals surface area contributed by atoms with Crippen molar-refractivity contribution >= 4 is 22.8 Å². The van der Waals surface area contributed by atoms with Crippen LogP contribution >= 0.6 is 0 Å². The molecule has 6 nitrogen and oxygen atoms in total. The van der Waals surface area contributed by atoms with E-state index in [0.29, 0.717) is 23.3 Å². The molecule has 24 heavy (non-hydrogen) atoms. The molecule has 0 unspecified atom stereocenters. The molecule has 1 amide bonds. The van der Waals surface area contributed by atoms with Crippen molar-refractivity contribution in [1.82, 2.24) is 20.3 Å². The molecule has 0 bridgehead atoms. The van der Waals surface area contributed by atoms with Gasteiger partial charge < -0.3 is 15.2 Å². The van der Waals surface area contributed by atoms with Gasteiger partial charge in [0.15, 0.2) is 5.65 Å². The highest BCUT2D eigenvalue weighted by Crippen LogP contribution is 2.24. The standard InChI is InChI=1S/C18H21N5O/c1-4-8-19-18(24)14-10-20-17-16(14)22-15(11-21-17)12-6-5-7-13(9-12)23(2)3/h5-7,9-11H,4,8H2,1-3H3,(H,19,24)(H,20,21). The lowest BCUT2D eigenvalue weighted by atomic mass is 10.1. The van der Waals surface area contributed by atoms with Gasteiger partial charge in [0.1, 0.15) is 5.52 Å². The van der Waals surface area contributed by atoms with E-state index in [1.807, 2.05) is 44.1 Å². The number of aromatic amines is 1. The molecule has 0 aliphatic rings. The maximum absolute atomic E-state index is 12.3. The predicted octanol–water partition coefficient (Wildman–Crippen LogP) is 2.83. The zero-order chi connectivity index (χ0) is 17.1. The van der Waals surface area contributed by atoms with Gasteiger partial charge in [-0.05, 0) is 18.6 Å². The molecule has 0 aliphatic carbocycles. The van der Waals surface area contributed by atoms with E-state index in [1.54, 1.807) is 12.4 Å². The Bertz CT molecular complexity index is 869. The van der Waals surface area contributed by atoms with Crippen molar-refractivity contribution in [2.75, 3.05) is 25.5 Å². The summed E-state index contributed by atoms with van der Waals surface area (Å²) in [7, 11) is 3.99. The lowest BCUT2D eigenvalue weighted by Crippen LogP contribution is -2.23. The van der Waals surface area contributed by atoms with Gasteiger partial charge in [0.2, 0.25) is 0 Å². The number of nitrogens with one attached hydrogen (secondary N) is 2. The smallest absolute Gasteiger partial charge is 0.255 e. The molecular formula is C18H21N5O. The molecule has 0 radical (unpaired) electrons. The average molecular weight is 323 g/mol. The summed E-state index contributed by atoms with van der Waals surface area (Å²) < 4.78 is 0. The number of amides is 1. The summed E-state index contributed by atoms with van der Waals surface area (Å²) in [4.78, 5) is 26.4. The van der Waals surface area contributed by atoms with Crippen LogP contribution < -0.4 is 10.2 Å². The second kappa shape index (κ2) is 6.70. The number of anilines is 1. The molecular weight excluding hydrogens is 302 g/mol. The summed E-state index contributed by atoms with van der Waals surface area (Å²) in [5, 5.41) is 2.88. The zero-order valence-corrected chi connectivity index (χ0v) is 14.1. The molecule has 0 spiro atoms. The summed E-state index contributed by atoms with van der Waals surface area (Å²) in [5.74, 6) is -0.128. The van der Waals surface area contributed by atoms with Crippen LogP contribution in [0.15, 0.2) is 36.7 Å². The van der Waals surface area contributed by atoms with Gasteiger partial charge in [0.25, 0.3) is 5.91 Å². The maximum atomic E-state index is 12.3. The number of hydrogen-bond acceptors (Lipinski definition) is 4. The molecule has 0 saturated heterocycles. The number of nitrogens with zero attached hydrogens (tertiary/aromatic N) is 3. The highest BCUT2D eigenvalue weighted by molar-refractivity contribution is 6.04. The predicted molar refractivity (Wildman–Crippen MR) is 96.3 cm³/mol. The van der Waals surface area contributed by atoms with Gasteiger partial charge in [-0.3, -0.25) is 4.79 Å². The van der Waals surface area contributed by atoms with Gasteiger partial charge in [-0.1, -0.05) is 19.1 Å². The van der Waals surface area contributed by atoms with E-state index in [-0.39, 0.29) is 5.91 Å². The van der Waals surface area contributed by atoms with E-state index in [4.69, 9.17) is 0 Å². The van der Waals surface area contributed by atoms with Gasteiger partial charge in [0.05, 0.1) is 17.5 Å². The normalized spacial score (nSPS) is 10.8.